The number of aliphatic carboxylic acids is 2. The number of benzene rings is 4. The molecule has 1 fully saturated rings. The maximum absolute atomic E-state index is 13.5. The number of hydrogen-bond acceptors (Lipinski definition) is 24. The van der Waals surface area contributed by atoms with Gasteiger partial charge in [0.2, 0.25) is 5.91 Å². The fraction of sp³-hybridized carbons (Fsp3) is 0.625. The van der Waals surface area contributed by atoms with E-state index in [1.807, 2.05) is 48.5 Å². The smallest absolute Gasteiger partial charge is 0.481 e. The molecule has 0 radical (unpaired) electrons. The number of carboxylic acids is 2. The molecule has 668 valence electrons. The van der Waals surface area contributed by atoms with Crippen molar-refractivity contribution in [2.45, 2.75) is 224 Å². The average molecular weight is 1840 g/mol. The molecule has 0 aliphatic carbocycles. The van der Waals surface area contributed by atoms with Crippen LogP contribution in [0.2, 0.25) is 121 Å². The third kappa shape index (κ3) is 37.7. The SMILES string of the molecule is CO[Si](CCCC(CC(=O)O)C(=O)CCCC[Si](C)(C)O[Si](O[Si](C)(C)O[Si](C)(C)CCCNC(=O)C(CCC[Si](OC)(OC)OC)CC(=O)O)(c1ccccc1)c1ccccc1)(OC)OC.CO[Si](CCCCC1CC(=O)OC1=O)(OC)OC.C[Si](C)(CCCN)O[Si](C)(C)O[Si](O[Si](C)(C)CCCN)(c1ccccc1)c1ccccc1. The zero-order valence-electron chi connectivity index (χ0n) is 74.7. The van der Waals surface area contributed by atoms with E-state index in [1.54, 1.807) is 21.3 Å². The van der Waals surface area contributed by atoms with E-state index in [0.29, 0.717) is 82.7 Å². The molecular weight excluding hydrogens is 1700 g/mol. The van der Waals surface area contributed by atoms with Crippen molar-refractivity contribution in [3.05, 3.63) is 121 Å². The standard InChI is InChI=1S/C45H81NO15Si6.C24H44N2O3Si4.C11H20O6Si/c1-53-65(54-2,55-3)34-21-24-38(36-43(48)49)42(47)30-19-20-32-63(9,10)60-67(40-26-15-13-16-27-40,41-28-17-14-18-29-41)61-64(11,12)59-62(7,8)33-23-31-46-45(52)39(37-44(50)51)25-22-35-66(56-4,57-5)58-6;1-30(2,21-13-19-25)27-32(5,6)29-33(23-15-9-7-10-16-23,24-17-11-8-12-18-24)28-31(3,4)22-14-20-26;1-14-18(15-2,16-3)7-5-4-6-9-8-10(12)17-11(9)13/h13-18,26-29,38-39H,19-25,30-37H2,1-12H3,(H,46,52)(H,48,49)(H,50,51);7-12,15-18H,13-14,19-22,25-26H2,1-6H3;9H,4-8H2,1-3H3. The van der Waals surface area contributed by atoms with Gasteiger partial charge in [-0.1, -0.05) is 134 Å². The number of ketones is 1. The second-order valence-electron chi connectivity index (χ2n) is 33.2. The van der Waals surface area contributed by atoms with Crippen molar-refractivity contribution >= 4 is 150 Å². The maximum Gasteiger partial charge on any atom is 0.500 e. The summed E-state index contributed by atoms with van der Waals surface area (Å²) in [7, 11) is -15.3. The first-order valence-corrected chi connectivity index (χ1v) is 68.8. The zero-order chi connectivity index (χ0) is 88.6. The molecule has 1 amide bonds. The van der Waals surface area contributed by atoms with Crippen LogP contribution < -0.4 is 37.5 Å². The van der Waals surface area contributed by atoms with Gasteiger partial charge in [-0.25, -0.2) is 0 Å². The fourth-order valence-electron chi connectivity index (χ4n) is 14.9. The molecule has 4 aromatic rings. The van der Waals surface area contributed by atoms with Crippen molar-refractivity contribution in [2.75, 3.05) is 83.6 Å². The maximum atomic E-state index is 13.5. The van der Waals surface area contributed by atoms with Crippen LogP contribution >= 0.6 is 0 Å². The fourth-order valence-corrected chi connectivity index (χ4v) is 57.6. The summed E-state index contributed by atoms with van der Waals surface area (Å²) < 4.78 is 96.9. The molecule has 3 atom stereocenters. The van der Waals surface area contributed by atoms with E-state index >= 15 is 0 Å². The van der Waals surface area contributed by atoms with Crippen molar-refractivity contribution < 1.29 is 108 Å². The highest BCUT2D eigenvalue weighted by Gasteiger charge is 2.54. The predicted octanol–water partition coefficient (Wildman–Crippen LogP) is 12.4. The first-order chi connectivity index (χ1) is 55.5. The number of Topliss-reactive ketones (excluding diaryl/α,β-unsaturated/α-hetero) is 1. The minimum Gasteiger partial charge on any atom is -0.481 e. The topological polar surface area (TPSA) is 355 Å². The highest BCUT2D eigenvalue weighted by molar-refractivity contribution is 7.03. The number of nitrogens with one attached hydrogen (secondary N) is 1. The summed E-state index contributed by atoms with van der Waals surface area (Å²) in [4.78, 5) is 72.3. The Bertz CT molecular complexity index is 3460. The molecule has 7 N–H and O–H groups in total. The second-order valence-corrected chi connectivity index (χ2v) is 73.8. The van der Waals surface area contributed by atoms with Gasteiger partial charge in [-0.3, -0.25) is 28.8 Å². The first-order valence-electron chi connectivity index (χ1n) is 41.3. The van der Waals surface area contributed by atoms with Crippen LogP contribution in [0.5, 0.6) is 0 Å². The first kappa shape index (κ1) is 108. The van der Waals surface area contributed by atoms with Gasteiger partial charge in [0.25, 0.3) is 0 Å². The minimum atomic E-state index is -3.45. The minimum absolute atomic E-state index is 0.0545. The van der Waals surface area contributed by atoms with E-state index in [2.05, 4.69) is 161 Å². The number of unbranched alkanes of at least 4 members (excludes halogenated alkanes) is 2. The average Bonchev–Trinajstić information content (AvgIpc) is 0.780. The number of amides is 1. The number of hydrogen-bond donors (Lipinski definition) is 5. The van der Waals surface area contributed by atoms with Crippen molar-refractivity contribution in [2.24, 2.45) is 29.2 Å². The number of rotatable bonds is 59. The summed E-state index contributed by atoms with van der Waals surface area (Å²) in [6, 6.07) is 46.5. The molecule has 1 aliphatic heterocycles. The van der Waals surface area contributed by atoms with E-state index in [1.165, 1.54) is 42.7 Å². The Morgan fingerprint density at radius 2 is 0.720 bits per heavy atom. The normalized spacial score (nSPS) is 14.7. The highest BCUT2D eigenvalue weighted by Crippen LogP contribution is 2.33. The molecule has 1 heterocycles. The van der Waals surface area contributed by atoms with Crippen molar-refractivity contribution in [3.8, 4) is 0 Å². The van der Waals surface area contributed by atoms with E-state index in [9.17, 15) is 39.0 Å². The summed E-state index contributed by atoms with van der Waals surface area (Å²) >= 11 is 0. The lowest BCUT2D eigenvalue weighted by Crippen LogP contribution is -2.71. The van der Waals surface area contributed by atoms with Crippen LogP contribution in [-0.2, 0) is 98.0 Å². The molecule has 0 spiro atoms. The molecule has 38 heteroatoms. The second kappa shape index (κ2) is 52.6. The molecule has 1 aliphatic rings. The van der Waals surface area contributed by atoms with Gasteiger partial charge in [0.1, 0.15) is 5.78 Å². The molecule has 1 saturated heterocycles. The molecule has 0 saturated carbocycles. The Hall–Kier alpha value is -4.19. The van der Waals surface area contributed by atoms with Gasteiger partial charge in [0.05, 0.1) is 25.2 Å². The summed E-state index contributed by atoms with van der Waals surface area (Å²) in [6.07, 6.45) is 8.07. The van der Waals surface area contributed by atoms with Crippen LogP contribution in [0.25, 0.3) is 0 Å². The van der Waals surface area contributed by atoms with E-state index in [4.69, 9.17) is 76.0 Å². The molecule has 3 unspecified atom stereocenters. The van der Waals surface area contributed by atoms with Crippen molar-refractivity contribution in [3.63, 3.8) is 0 Å². The third-order valence-corrected chi connectivity index (χ3v) is 61.1. The van der Waals surface area contributed by atoms with Gasteiger partial charge in [-0.15, -0.1) is 0 Å². The lowest BCUT2D eigenvalue weighted by Gasteiger charge is -2.44. The summed E-state index contributed by atoms with van der Waals surface area (Å²) in [5.74, 6) is -4.78. The van der Waals surface area contributed by atoms with Crippen LogP contribution in [0.1, 0.15) is 103 Å². The Balaban J connectivity index is 0.000000574. The molecule has 4 aromatic carbocycles. The molecule has 118 heavy (non-hydrogen) atoms. The number of nitrogens with two attached hydrogens (primary N) is 2. The van der Waals surface area contributed by atoms with Crippen LogP contribution in [0, 0.1) is 17.8 Å². The van der Waals surface area contributed by atoms with E-state index in [-0.39, 0.29) is 43.3 Å². The Morgan fingerprint density at radius 3 is 1.05 bits per heavy atom. The number of carboxylic acid groups (broad SMARTS) is 2. The summed E-state index contributed by atoms with van der Waals surface area (Å²) in [5, 5.41) is 26.4. The Morgan fingerprint density at radius 1 is 0.407 bits per heavy atom. The molecule has 0 aromatic heterocycles. The van der Waals surface area contributed by atoms with Gasteiger partial charge in [-0.05, 0) is 201 Å². The number of ether oxygens (including phenoxy) is 1. The molecular formula is C80H145N3O24Si11. The largest absolute Gasteiger partial charge is 0.500 e. The molecule has 5 rings (SSSR count). The van der Waals surface area contributed by atoms with Crippen molar-refractivity contribution in [1.82, 2.24) is 5.32 Å². The molecule has 27 nitrogen and oxygen atoms in total. The quantitative estimate of drug-likeness (QED) is 0.0119. The van der Waals surface area contributed by atoms with Gasteiger partial charge < -0.3 is 96.3 Å². The zero-order valence-corrected chi connectivity index (χ0v) is 85.7. The van der Waals surface area contributed by atoms with E-state index in [0.717, 1.165) is 77.0 Å². The summed E-state index contributed by atoms with van der Waals surface area (Å²) in [5.41, 5.74) is 11.7. The highest BCUT2D eigenvalue weighted by atomic mass is 28.5. The van der Waals surface area contributed by atoms with Gasteiger partial charge >= 0.3 is 84.5 Å². The number of carbonyl (C=O) groups is 6. The summed E-state index contributed by atoms with van der Waals surface area (Å²) in [6.45, 7) is 28.0. The number of esters is 2. The number of carbonyl (C=O) groups excluding carboxylic acids is 4. The lowest BCUT2D eigenvalue weighted by atomic mass is 9.92. The van der Waals surface area contributed by atoms with Crippen LogP contribution in [0.4, 0.5) is 0 Å². The Labute approximate surface area is 716 Å². The van der Waals surface area contributed by atoms with Crippen LogP contribution in [0.15, 0.2) is 121 Å². The third-order valence-electron chi connectivity index (χ3n) is 20.7. The van der Waals surface area contributed by atoms with Gasteiger partial charge in [-0.2, -0.15) is 0 Å². The Kier molecular flexibility index (Phi) is 48.1. The monoisotopic (exact) mass is 1840 g/mol. The lowest BCUT2D eigenvalue weighted by molar-refractivity contribution is -0.153. The van der Waals surface area contributed by atoms with Crippen LogP contribution in [0.3, 0.4) is 0 Å². The van der Waals surface area contributed by atoms with Gasteiger partial charge in [0.15, 0.2) is 33.3 Å². The number of cyclic esters (lactones) is 2. The van der Waals surface area contributed by atoms with Gasteiger partial charge in [0, 0.05) is 107 Å². The van der Waals surface area contributed by atoms with E-state index < -0.39 is 130 Å². The predicted molar refractivity (Wildman–Crippen MR) is 488 cm³/mol. The van der Waals surface area contributed by atoms with Crippen LogP contribution in [-0.4, -0.2) is 223 Å². The van der Waals surface area contributed by atoms with Crippen molar-refractivity contribution in [1.29, 1.82) is 0 Å². The molecule has 0 bridgehead atoms.